The minimum Gasteiger partial charge on any atom is -0.439 e. The molecule has 0 unspecified atom stereocenters. The molecule has 3 nitrogen and oxygen atoms in total. The smallest absolute Gasteiger partial charge is 0.260 e. The minimum absolute atomic E-state index is 0.365. The summed E-state index contributed by atoms with van der Waals surface area (Å²) in [6.07, 6.45) is 1.53. The van der Waals surface area contributed by atoms with Crippen LogP contribution in [0.3, 0.4) is 0 Å². The SMILES string of the molecule is Cc1coc(Sc2ccc(N)cc2F)n1. The molecule has 2 aromatic rings. The molecule has 15 heavy (non-hydrogen) atoms. The predicted octanol–water partition coefficient (Wildman–Crippen LogP) is 2.86. The van der Waals surface area contributed by atoms with Gasteiger partial charge >= 0.3 is 0 Å². The molecule has 1 heterocycles. The Hall–Kier alpha value is -1.49. The first-order chi connectivity index (χ1) is 7.15. The van der Waals surface area contributed by atoms with Gasteiger partial charge in [-0.2, -0.15) is 0 Å². The summed E-state index contributed by atoms with van der Waals surface area (Å²) in [5, 5.41) is 0.427. The maximum atomic E-state index is 13.4. The van der Waals surface area contributed by atoms with Crippen LogP contribution in [-0.2, 0) is 0 Å². The van der Waals surface area contributed by atoms with E-state index >= 15 is 0 Å². The molecule has 0 fully saturated rings. The molecule has 0 bridgehead atoms. The lowest BCUT2D eigenvalue weighted by Crippen LogP contribution is -1.87. The summed E-state index contributed by atoms with van der Waals surface area (Å²) in [6, 6.07) is 4.52. The summed E-state index contributed by atoms with van der Waals surface area (Å²) in [7, 11) is 0. The highest BCUT2D eigenvalue weighted by atomic mass is 32.2. The number of hydrogen-bond acceptors (Lipinski definition) is 4. The van der Waals surface area contributed by atoms with Gasteiger partial charge < -0.3 is 10.2 Å². The van der Waals surface area contributed by atoms with Crippen molar-refractivity contribution in [2.75, 3.05) is 5.73 Å². The fourth-order valence-electron chi connectivity index (χ4n) is 1.07. The summed E-state index contributed by atoms with van der Waals surface area (Å²) in [4.78, 5) is 4.52. The molecule has 78 valence electrons. The minimum atomic E-state index is -0.365. The van der Waals surface area contributed by atoms with E-state index in [2.05, 4.69) is 4.98 Å². The Morgan fingerprint density at radius 2 is 2.27 bits per heavy atom. The summed E-state index contributed by atoms with van der Waals surface area (Å²) >= 11 is 1.14. The van der Waals surface area contributed by atoms with Crippen molar-refractivity contribution in [1.29, 1.82) is 0 Å². The monoisotopic (exact) mass is 224 g/mol. The molecule has 0 aliphatic rings. The summed E-state index contributed by atoms with van der Waals surface area (Å²) < 4.78 is 18.5. The van der Waals surface area contributed by atoms with Crippen LogP contribution >= 0.6 is 11.8 Å². The number of benzene rings is 1. The molecule has 0 spiro atoms. The molecule has 0 radical (unpaired) electrons. The average molecular weight is 224 g/mol. The third-order valence-electron chi connectivity index (χ3n) is 1.75. The molecule has 5 heteroatoms. The standard InChI is InChI=1S/C10H9FN2OS/c1-6-5-14-10(13-6)15-9-3-2-7(12)4-8(9)11/h2-5H,12H2,1H3. The molecule has 0 atom stereocenters. The summed E-state index contributed by atoms with van der Waals surface area (Å²) in [6.45, 7) is 1.81. The average Bonchev–Trinajstić information content (AvgIpc) is 2.56. The van der Waals surface area contributed by atoms with Crippen LogP contribution in [0.5, 0.6) is 0 Å². The number of aromatic nitrogens is 1. The molecule has 0 amide bonds. The number of rotatable bonds is 2. The van der Waals surface area contributed by atoms with Gasteiger partial charge in [0.15, 0.2) is 0 Å². The maximum Gasteiger partial charge on any atom is 0.260 e. The lowest BCUT2D eigenvalue weighted by atomic mass is 10.3. The van der Waals surface area contributed by atoms with Gasteiger partial charge in [0.05, 0.1) is 10.6 Å². The van der Waals surface area contributed by atoms with Crippen LogP contribution in [0, 0.1) is 12.7 Å². The second kappa shape index (κ2) is 3.94. The fourth-order valence-corrected chi connectivity index (χ4v) is 1.84. The number of aryl methyl sites for hydroxylation is 1. The number of nitrogen functional groups attached to an aromatic ring is 1. The highest BCUT2D eigenvalue weighted by molar-refractivity contribution is 7.99. The zero-order valence-electron chi connectivity index (χ0n) is 8.03. The Kier molecular flexibility index (Phi) is 2.64. The molecule has 1 aromatic heterocycles. The lowest BCUT2D eigenvalue weighted by Gasteiger charge is -2.00. The van der Waals surface area contributed by atoms with Gasteiger partial charge in [-0.1, -0.05) is 0 Å². The lowest BCUT2D eigenvalue weighted by molar-refractivity contribution is 0.453. The van der Waals surface area contributed by atoms with Crippen molar-refractivity contribution in [2.45, 2.75) is 17.0 Å². The van der Waals surface area contributed by atoms with Crippen molar-refractivity contribution in [2.24, 2.45) is 0 Å². The van der Waals surface area contributed by atoms with E-state index in [1.165, 1.54) is 12.3 Å². The third kappa shape index (κ3) is 2.30. The Labute approximate surface area is 90.5 Å². The molecule has 0 saturated carbocycles. The van der Waals surface area contributed by atoms with Gasteiger partial charge in [-0.3, -0.25) is 0 Å². The van der Waals surface area contributed by atoms with E-state index in [4.69, 9.17) is 10.2 Å². The van der Waals surface area contributed by atoms with Crippen molar-refractivity contribution >= 4 is 17.4 Å². The zero-order chi connectivity index (χ0) is 10.8. The van der Waals surface area contributed by atoms with Crippen LogP contribution < -0.4 is 5.73 Å². The molecule has 2 N–H and O–H groups in total. The van der Waals surface area contributed by atoms with Crippen molar-refractivity contribution < 1.29 is 8.81 Å². The summed E-state index contributed by atoms with van der Waals surface area (Å²) in [5.41, 5.74) is 6.61. The topological polar surface area (TPSA) is 52.0 Å². The van der Waals surface area contributed by atoms with E-state index in [-0.39, 0.29) is 5.82 Å². The van der Waals surface area contributed by atoms with E-state index in [0.29, 0.717) is 15.8 Å². The second-order valence-electron chi connectivity index (χ2n) is 3.05. The normalized spacial score (nSPS) is 10.5. The number of nitrogens with zero attached hydrogens (tertiary/aromatic N) is 1. The number of nitrogens with two attached hydrogens (primary N) is 1. The van der Waals surface area contributed by atoms with Gasteiger partial charge in [-0.05, 0) is 36.9 Å². The van der Waals surface area contributed by atoms with E-state index in [9.17, 15) is 4.39 Å². The van der Waals surface area contributed by atoms with Gasteiger partial charge in [-0.15, -0.1) is 0 Å². The Morgan fingerprint density at radius 3 is 2.87 bits per heavy atom. The molecule has 0 aliphatic heterocycles. The highest BCUT2D eigenvalue weighted by Crippen LogP contribution is 2.29. The van der Waals surface area contributed by atoms with Crippen LogP contribution in [0.15, 0.2) is 39.0 Å². The number of oxazole rings is 1. The predicted molar refractivity (Wildman–Crippen MR) is 56.2 cm³/mol. The van der Waals surface area contributed by atoms with Crippen molar-refractivity contribution in [3.63, 3.8) is 0 Å². The van der Waals surface area contributed by atoms with Crippen LogP contribution in [0.4, 0.5) is 10.1 Å². The molecule has 2 rings (SSSR count). The van der Waals surface area contributed by atoms with E-state index in [0.717, 1.165) is 17.5 Å². The zero-order valence-corrected chi connectivity index (χ0v) is 8.84. The number of hydrogen-bond donors (Lipinski definition) is 1. The van der Waals surface area contributed by atoms with Crippen LogP contribution in [0.2, 0.25) is 0 Å². The first-order valence-electron chi connectivity index (χ1n) is 4.30. The molecular formula is C10H9FN2OS. The fraction of sp³-hybridized carbons (Fsp3) is 0.100. The molecule has 0 saturated heterocycles. The highest BCUT2D eigenvalue weighted by Gasteiger charge is 2.08. The van der Waals surface area contributed by atoms with Crippen molar-refractivity contribution in [1.82, 2.24) is 4.98 Å². The molecular weight excluding hydrogens is 215 g/mol. The first kappa shape index (κ1) is 10.0. The maximum absolute atomic E-state index is 13.4. The number of anilines is 1. The third-order valence-corrected chi connectivity index (χ3v) is 2.66. The van der Waals surface area contributed by atoms with Gasteiger partial charge in [0.2, 0.25) is 0 Å². The first-order valence-corrected chi connectivity index (χ1v) is 5.12. The Morgan fingerprint density at radius 1 is 1.47 bits per heavy atom. The van der Waals surface area contributed by atoms with Crippen LogP contribution in [0.1, 0.15) is 5.69 Å². The van der Waals surface area contributed by atoms with E-state index in [1.54, 1.807) is 12.1 Å². The molecule has 0 aliphatic carbocycles. The van der Waals surface area contributed by atoms with Crippen molar-refractivity contribution in [3.05, 3.63) is 36.0 Å². The largest absolute Gasteiger partial charge is 0.439 e. The quantitative estimate of drug-likeness (QED) is 0.797. The van der Waals surface area contributed by atoms with E-state index < -0.39 is 0 Å². The van der Waals surface area contributed by atoms with Crippen LogP contribution in [-0.4, -0.2) is 4.98 Å². The second-order valence-corrected chi connectivity index (χ2v) is 4.04. The summed E-state index contributed by atoms with van der Waals surface area (Å²) in [5.74, 6) is -0.365. The van der Waals surface area contributed by atoms with Crippen LogP contribution in [0.25, 0.3) is 0 Å². The van der Waals surface area contributed by atoms with E-state index in [1.807, 2.05) is 6.92 Å². The molecule has 1 aromatic carbocycles. The van der Waals surface area contributed by atoms with Gasteiger partial charge in [-0.25, -0.2) is 9.37 Å². The van der Waals surface area contributed by atoms with Gasteiger partial charge in [0.1, 0.15) is 12.1 Å². The van der Waals surface area contributed by atoms with Crippen molar-refractivity contribution in [3.8, 4) is 0 Å². The number of halogens is 1. The van der Waals surface area contributed by atoms with Gasteiger partial charge in [0.25, 0.3) is 5.22 Å². The Bertz CT molecular complexity index is 484. The van der Waals surface area contributed by atoms with Gasteiger partial charge in [0, 0.05) is 5.69 Å². The Balaban J connectivity index is 2.24.